The van der Waals surface area contributed by atoms with Crippen LogP contribution >= 0.6 is 12.2 Å². The molecule has 0 aromatic heterocycles. The minimum Gasteiger partial charge on any atom is -0.366 e. The molecule has 86 valence electrons. The first kappa shape index (κ1) is 12.4. The van der Waals surface area contributed by atoms with Crippen molar-refractivity contribution in [1.29, 1.82) is 0 Å². The lowest BCUT2D eigenvalue weighted by atomic mass is 10.2. The van der Waals surface area contributed by atoms with Crippen LogP contribution in [-0.2, 0) is 11.3 Å². The van der Waals surface area contributed by atoms with Gasteiger partial charge in [0, 0.05) is 13.6 Å². The lowest BCUT2D eigenvalue weighted by Gasteiger charge is -2.07. The van der Waals surface area contributed by atoms with E-state index >= 15 is 0 Å². The van der Waals surface area contributed by atoms with Crippen molar-refractivity contribution in [2.75, 3.05) is 13.6 Å². The van der Waals surface area contributed by atoms with Crippen LogP contribution in [0.2, 0.25) is 0 Å². The summed E-state index contributed by atoms with van der Waals surface area (Å²) >= 11 is 4.85. The van der Waals surface area contributed by atoms with Gasteiger partial charge in [-0.1, -0.05) is 30.3 Å². The lowest BCUT2D eigenvalue weighted by molar-refractivity contribution is -0.120. The molecule has 0 aliphatic heterocycles. The summed E-state index contributed by atoms with van der Waals surface area (Å²) in [5.74, 6) is -0.0820. The van der Waals surface area contributed by atoms with E-state index in [1.165, 1.54) is 0 Å². The van der Waals surface area contributed by atoms with E-state index in [-0.39, 0.29) is 12.5 Å². The number of benzene rings is 1. The predicted molar refractivity (Wildman–Crippen MR) is 67.9 cm³/mol. The average molecular weight is 237 g/mol. The summed E-state index contributed by atoms with van der Waals surface area (Å²) in [7, 11) is 1.71. The topological polar surface area (TPSA) is 53.2 Å². The van der Waals surface area contributed by atoms with Gasteiger partial charge in [0.1, 0.15) is 0 Å². The van der Waals surface area contributed by atoms with E-state index in [1.807, 2.05) is 30.3 Å². The lowest BCUT2D eigenvalue weighted by Crippen LogP contribution is -2.40. The van der Waals surface area contributed by atoms with Crippen molar-refractivity contribution in [3.63, 3.8) is 0 Å². The molecule has 0 bridgehead atoms. The standard InChI is InChI=1S/C11H15N3OS/c1-12-11(16)14-8-10(15)13-7-9-5-3-2-4-6-9/h2-6H,7-8H2,1H3,(H,13,15)(H2,12,14,16). The molecular weight excluding hydrogens is 222 g/mol. The number of rotatable bonds is 4. The molecule has 0 spiro atoms. The van der Waals surface area contributed by atoms with Crippen LogP contribution in [0.25, 0.3) is 0 Å². The van der Waals surface area contributed by atoms with Gasteiger partial charge in [0.05, 0.1) is 6.54 Å². The second-order valence-corrected chi connectivity index (χ2v) is 3.60. The molecular formula is C11H15N3OS. The monoisotopic (exact) mass is 237 g/mol. The van der Waals surface area contributed by atoms with Crippen LogP contribution in [0.5, 0.6) is 0 Å². The van der Waals surface area contributed by atoms with Gasteiger partial charge in [-0.25, -0.2) is 0 Å². The number of nitrogens with one attached hydrogen (secondary N) is 3. The Morgan fingerprint density at radius 2 is 1.94 bits per heavy atom. The highest BCUT2D eigenvalue weighted by atomic mass is 32.1. The van der Waals surface area contributed by atoms with Crippen molar-refractivity contribution in [1.82, 2.24) is 16.0 Å². The summed E-state index contributed by atoms with van der Waals surface area (Å²) in [5, 5.41) is 8.77. The van der Waals surface area contributed by atoms with E-state index in [1.54, 1.807) is 7.05 Å². The zero-order valence-electron chi connectivity index (χ0n) is 9.12. The third-order valence-electron chi connectivity index (χ3n) is 1.97. The molecule has 5 heteroatoms. The second kappa shape index (κ2) is 6.79. The first-order chi connectivity index (χ1) is 7.72. The molecule has 1 amide bonds. The normalized spacial score (nSPS) is 9.31. The Balaban J connectivity index is 2.23. The number of hydrogen-bond acceptors (Lipinski definition) is 2. The van der Waals surface area contributed by atoms with Crippen molar-refractivity contribution in [2.45, 2.75) is 6.54 Å². The number of hydrogen-bond donors (Lipinski definition) is 3. The van der Waals surface area contributed by atoms with Gasteiger partial charge in [-0.3, -0.25) is 4.79 Å². The van der Waals surface area contributed by atoms with Crippen molar-refractivity contribution in [2.24, 2.45) is 0 Å². The average Bonchev–Trinajstić information content (AvgIpc) is 2.34. The van der Waals surface area contributed by atoms with Gasteiger partial charge in [-0.05, 0) is 17.8 Å². The maximum atomic E-state index is 11.4. The summed E-state index contributed by atoms with van der Waals surface area (Å²) in [6, 6.07) is 9.75. The number of carbonyl (C=O) groups excluding carboxylic acids is 1. The molecule has 1 aromatic carbocycles. The van der Waals surface area contributed by atoms with Crippen LogP contribution in [-0.4, -0.2) is 24.6 Å². The summed E-state index contributed by atoms with van der Waals surface area (Å²) in [4.78, 5) is 11.4. The number of amides is 1. The van der Waals surface area contributed by atoms with Crippen molar-refractivity contribution in [3.8, 4) is 0 Å². The minimum absolute atomic E-state index is 0.0820. The zero-order chi connectivity index (χ0) is 11.8. The van der Waals surface area contributed by atoms with E-state index in [4.69, 9.17) is 12.2 Å². The third kappa shape index (κ3) is 4.75. The van der Waals surface area contributed by atoms with E-state index in [2.05, 4.69) is 16.0 Å². The maximum absolute atomic E-state index is 11.4. The van der Waals surface area contributed by atoms with Crippen molar-refractivity contribution < 1.29 is 4.79 Å². The van der Waals surface area contributed by atoms with Gasteiger partial charge >= 0.3 is 0 Å². The molecule has 1 rings (SSSR count). The van der Waals surface area contributed by atoms with Crippen molar-refractivity contribution in [3.05, 3.63) is 35.9 Å². The Morgan fingerprint density at radius 1 is 1.25 bits per heavy atom. The van der Waals surface area contributed by atoms with Gasteiger partial charge in [0.15, 0.2) is 5.11 Å². The molecule has 0 heterocycles. The SMILES string of the molecule is CNC(=S)NCC(=O)NCc1ccccc1. The fraction of sp³-hybridized carbons (Fsp3) is 0.273. The van der Waals surface area contributed by atoms with Gasteiger partial charge in [-0.15, -0.1) is 0 Å². The van der Waals surface area contributed by atoms with Crippen LogP contribution < -0.4 is 16.0 Å². The number of carbonyl (C=O) groups is 1. The highest BCUT2D eigenvalue weighted by Crippen LogP contribution is 1.96. The van der Waals surface area contributed by atoms with Crippen LogP contribution in [0, 0.1) is 0 Å². The summed E-state index contributed by atoms with van der Waals surface area (Å²) < 4.78 is 0. The molecule has 0 saturated heterocycles. The Bertz CT molecular complexity index is 354. The molecule has 0 radical (unpaired) electrons. The van der Waals surface area contributed by atoms with E-state index in [0.717, 1.165) is 5.56 Å². The van der Waals surface area contributed by atoms with Gasteiger partial charge in [0.2, 0.25) is 5.91 Å². The summed E-state index contributed by atoms with van der Waals surface area (Å²) in [6.07, 6.45) is 0. The maximum Gasteiger partial charge on any atom is 0.239 e. The molecule has 1 aromatic rings. The highest BCUT2D eigenvalue weighted by molar-refractivity contribution is 7.80. The van der Waals surface area contributed by atoms with Crippen LogP contribution in [0.15, 0.2) is 30.3 Å². The van der Waals surface area contributed by atoms with Crippen LogP contribution in [0.4, 0.5) is 0 Å². The molecule has 0 aliphatic carbocycles. The van der Waals surface area contributed by atoms with E-state index < -0.39 is 0 Å². The van der Waals surface area contributed by atoms with Crippen molar-refractivity contribution >= 4 is 23.2 Å². The minimum atomic E-state index is -0.0820. The van der Waals surface area contributed by atoms with Gasteiger partial charge < -0.3 is 16.0 Å². The van der Waals surface area contributed by atoms with Gasteiger partial charge in [-0.2, -0.15) is 0 Å². The molecule has 16 heavy (non-hydrogen) atoms. The molecule has 0 unspecified atom stereocenters. The molecule has 0 fully saturated rings. The smallest absolute Gasteiger partial charge is 0.239 e. The second-order valence-electron chi connectivity index (χ2n) is 3.20. The predicted octanol–water partition coefficient (Wildman–Crippen LogP) is 0.397. The quantitative estimate of drug-likeness (QED) is 0.663. The van der Waals surface area contributed by atoms with Crippen LogP contribution in [0.3, 0.4) is 0 Å². The fourth-order valence-corrected chi connectivity index (χ4v) is 1.18. The van der Waals surface area contributed by atoms with Gasteiger partial charge in [0.25, 0.3) is 0 Å². The third-order valence-corrected chi connectivity index (χ3v) is 2.32. The zero-order valence-corrected chi connectivity index (χ0v) is 9.93. The molecule has 3 N–H and O–H groups in total. The molecule has 4 nitrogen and oxygen atoms in total. The van der Waals surface area contributed by atoms with Crippen LogP contribution in [0.1, 0.15) is 5.56 Å². The summed E-state index contributed by atoms with van der Waals surface area (Å²) in [5.41, 5.74) is 1.08. The Kier molecular flexibility index (Phi) is 5.28. The summed E-state index contributed by atoms with van der Waals surface area (Å²) in [6.45, 7) is 0.722. The first-order valence-electron chi connectivity index (χ1n) is 4.98. The fourth-order valence-electron chi connectivity index (χ4n) is 1.11. The largest absolute Gasteiger partial charge is 0.366 e. The first-order valence-corrected chi connectivity index (χ1v) is 5.39. The molecule has 0 aliphatic rings. The van der Waals surface area contributed by atoms with E-state index in [0.29, 0.717) is 11.7 Å². The Hall–Kier alpha value is -1.62. The highest BCUT2D eigenvalue weighted by Gasteiger charge is 2.01. The molecule has 0 atom stereocenters. The molecule has 0 saturated carbocycles. The number of thiocarbonyl (C=S) groups is 1. The Labute approximate surface area is 100 Å². The Morgan fingerprint density at radius 3 is 2.56 bits per heavy atom. The van der Waals surface area contributed by atoms with E-state index in [9.17, 15) is 4.79 Å².